The third-order valence-electron chi connectivity index (χ3n) is 7.20. The van der Waals surface area contributed by atoms with E-state index in [9.17, 15) is 9.59 Å². The van der Waals surface area contributed by atoms with Crippen molar-refractivity contribution in [1.82, 2.24) is 15.1 Å². The minimum Gasteiger partial charge on any atom is -0.342 e. The molecule has 0 aromatic carbocycles. The molecule has 0 aromatic heterocycles. The van der Waals surface area contributed by atoms with E-state index in [0.717, 1.165) is 64.2 Å². The number of carbonyl (C=O) groups excluding carboxylic acids is 2. The minimum atomic E-state index is -0.140. The number of nitrogens with one attached hydrogen (secondary N) is 1. The van der Waals surface area contributed by atoms with Crippen LogP contribution in [0.3, 0.4) is 0 Å². The number of likely N-dealkylation sites (tertiary alicyclic amines) is 1. The molecule has 27 heavy (non-hydrogen) atoms. The number of hydrogen-bond donors (Lipinski definition) is 1. The summed E-state index contributed by atoms with van der Waals surface area (Å²) in [6.45, 7) is 13.4. The Morgan fingerprint density at radius 3 is 2.04 bits per heavy atom. The van der Waals surface area contributed by atoms with Crippen LogP contribution in [0.1, 0.15) is 59.3 Å². The molecule has 5 fully saturated rings. The van der Waals surface area contributed by atoms with E-state index in [1.807, 2.05) is 13.8 Å². The summed E-state index contributed by atoms with van der Waals surface area (Å²) in [6, 6.07) is 0. The summed E-state index contributed by atoms with van der Waals surface area (Å²) in [5, 5.41) is 3.40. The molecule has 0 unspecified atom stereocenters. The third-order valence-corrected chi connectivity index (χ3v) is 7.20. The first-order valence-electron chi connectivity index (χ1n) is 10.8. The zero-order chi connectivity index (χ0) is 18.8. The molecule has 3 saturated carbocycles. The monoisotopic (exact) mass is 452 g/mol. The Hall–Kier alpha value is 0.164. The quantitative estimate of drug-likeness (QED) is 0.696. The van der Waals surface area contributed by atoms with Crippen molar-refractivity contribution in [3.63, 3.8) is 0 Å². The zero-order valence-electron chi connectivity index (χ0n) is 17.6. The number of rotatable bonds is 5. The van der Waals surface area contributed by atoms with Crippen molar-refractivity contribution < 1.29 is 42.3 Å². The van der Waals surface area contributed by atoms with Crippen LogP contribution in [0.5, 0.6) is 0 Å². The van der Waals surface area contributed by atoms with Crippen molar-refractivity contribution >= 4 is 11.7 Å². The van der Waals surface area contributed by atoms with Crippen molar-refractivity contribution in [2.24, 2.45) is 16.7 Å². The average Bonchev–Trinajstić information content (AvgIpc) is 2.60. The number of nitrogens with zero attached hydrogens (tertiary/aromatic N) is 2. The second kappa shape index (κ2) is 9.78. The normalized spacial score (nSPS) is 32.9. The number of piperidine rings is 1. The largest absolute Gasteiger partial charge is 0.342 e. The summed E-state index contributed by atoms with van der Waals surface area (Å²) in [7, 11) is 0. The molecule has 2 heterocycles. The van der Waals surface area contributed by atoms with Crippen LogP contribution in [0.2, 0.25) is 0 Å². The van der Waals surface area contributed by atoms with Crippen LogP contribution in [0.4, 0.5) is 0 Å². The molecule has 151 valence electrons. The molecule has 6 heteroatoms. The molecule has 0 aromatic rings. The average molecular weight is 452 g/mol. The fraction of sp³-hybridized carbons (Fsp3) is 0.905. The number of hydrogen-bond acceptors (Lipinski definition) is 4. The maximum atomic E-state index is 12.8. The van der Waals surface area contributed by atoms with Gasteiger partial charge in [0.2, 0.25) is 5.91 Å². The van der Waals surface area contributed by atoms with Gasteiger partial charge in [-0.05, 0) is 57.9 Å². The molecule has 2 saturated heterocycles. The van der Waals surface area contributed by atoms with E-state index in [-0.39, 0.29) is 43.5 Å². The summed E-state index contributed by atoms with van der Waals surface area (Å²) in [5.74, 6) is 1.43. The Morgan fingerprint density at radius 2 is 1.52 bits per heavy atom. The summed E-state index contributed by atoms with van der Waals surface area (Å²) >= 11 is 0. The fourth-order valence-corrected chi connectivity index (χ4v) is 5.45. The Kier molecular flexibility index (Phi) is 8.49. The zero-order valence-corrected chi connectivity index (χ0v) is 20.4. The Bertz CT molecular complexity index is 506. The number of carbonyl (C=O) groups is 2. The van der Waals surface area contributed by atoms with E-state index < -0.39 is 0 Å². The van der Waals surface area contributed by atoms with Crippen LogP contribution in [-0.2, 0) is 42.3 Å². The second-order valence-electron chi connectivity index (χ2n) is 8.76. The first-order chi connectivity index (χ1) is 12.5. The van der Waals surface area contributed by atoms with Gasteiger partial charge in [-0.3, -0.25) is 9.59 Å². The Morgan fingerprint density at radius 1 is 0.963 bits per heavy atom. The first kappa shape index (κ1) is 23.4. The van der Waals surface area contributed by atoms with Gasteiger partial charge in [0.15, 0.2) is 0 Å². The first-order valence-corrected chi connectivity index (χ1v) is 10.8. The van der Waals surface area contributed by atoms with Crippen LogP contribution in [-0.4, -0.2) is 67.3 Å². The molecule has 3 aliphatic carbocycles. The molecule has 2 aliphatic heterocycles. The number of Topliss-reactive ketones (excluding diaryl/α,β-unsaturated/α-hetero) is 1. The van der Waals surface area contributed by atoms with E-state index >= 15 is 0 Å². The topological polar surface area (TPSA) is 52.7 Å². The fourth-order valence-electron chi connectivity index (χ4n) is 5.45. The second-order valence-corrected chi connectivity index (χ2v) is 8.76. The molecule has 5 nitrogen and oxygen atoms in total. The van der Waals surface area contributed by atoms with Gasteiger partial charge < -0.3 is 15.1 Å². The summed E-state index contributed by atoms with van der Waals surface area (Å²) < 4.78 is 0. The van der Waals surface area contributed by atoms with Crippen LogP contribution in [0, 0.1) is 16.7 Å². The number of amides is 1. The summed E-state index contributed by atoms with van der Waals surface area (Å²) in [6.07, 6.45) is 6.09. The predicted octanol–water partition coefficient (Wildman–Crippen LogP) is 2.30. The van der Waals surface area contributed by atoms with Gasteiger partial charge in [-0.15, -0.1) is 0 Å². The third kappa shape index (κ3) is 4.68. The van der Waals surface area contributed by atoms with Crippen LogP contribution < -0.4 is 5.32 Å². The van der Waals surface area contributed by atoms with E-state index in [1.165, 1.54) is 26.1 Å². The van der Waals surface area contributed by atoms with E-state index in [1.54, 1.807) is 6.92 Å². The minimum absolute atomic E-state index is 0. The van der Waals surface area contributed by atoms with Gasteiger partial charge >= 0.3 is 0 Å². The SMILES string of the molecule is CC.CC(=O)C12CC(C(=O)N3CCC(CCN4CCNCC4)CC3)(C1)C2.[Y]. The maximum absolute atomic E-state index is 12.8. The molecule has 1 N–H and O–H groups in total. The Balaban J connectivity index is 0.000000844. The molecule has 5 aliphatic rings. The van der Waals surface area contributed by atoms with Gasteiger partial charge in [0, 0.05) is 77.4 Å². The molecule has 0 atom stereocenters. The standard InChI is InChI=1S/C19H31N3O2.C2H6.Y/c1-15(23)18-12-19(13-18,14-18)17(24)22-8-3-16(4-9-22)2-7-21-10-5-20-6-11-21;1-2;/h16,20H,2-14H2,1H3;1-2H3;. The van der Waals surface area contributed by atoms with Gasteiger partial charge in [0.1, 0.15) is 5.78 Å². The summed E-state index contributed by atoms with van der Waals surface area (Å²) in [5.41, 5.74) is -0.239. The van der Waals surface area contributed by atoms with E-state index in [4.69, 9.17) is 0 Å². The van der Waals surface area contributed by atoms with Crippen molar-refractivity contribution in [3.8, 4) is 0 Å². The van der Waals surface area contributed by atoms with Crippen molar-refractivity contribution in [2.75, 3.05) is 45.8 Å². The van der Waals surface area contributed by atoms with Crippen molar-refractivity contribution in [3.05, 3.63) is 0 Å². The van der Waals surface area contributed by atoms with Crippen LogP contribution >= 0.6 is 0 Å². The number of piperazine rings is 1. The molecule has 2 bridgehead atoms. The molecular formula is C21H37N3O2Y. The van der Waals surface area contributed by atoms with Gasteiger partial charge in [-0.2, -0.15) is 0 Å². The smallest absolute Gasteiger partial charge is 0.228 e. The van der Waals surface area contributed by atoms with Gasteiger partial charge in [0.05, 0.1) is 5.41 Å². The van der Waals surface area contributed by atoms with Gasteiger partial charge in [0.25, 0.3) is 0 Å². The summed E-state index contributed by atoms with van der Waals surface area (Å²) in [4.78, 5) is 29.1. The Labute approximate surface area is 190 Å². The van der Waals surface area contributed by atoms with Crippen LogP contribution in [0.15, 0.2) is 0 Å². The van der Waals surface area contributed by atoms with Gasteiger partial charge in [-0.1, -0.05) is 13.8 Å². The maximum Gasteiger partial charge on any atom is 0.228 e. The van der Waals surface area contributed by atoms with E-state index in [0.29, 0.717) is 11.7 Å². The predicted molar refractivity (Wildman–Crippen MR) is 104 cm³/mol. The number of ketones is 1. The molecule has 0 spiro atoms. The van der Waals surface area contributed by atoms with Crippen molar-refractivity contribution in [1.29, 1.82) is 0 Å². The molecule has 1 radical (unpaired) electrons. The molecule has 5 rings (SSSR count). The van der Waals surface area contributed by atoms with Gasteiger partial charge in [-0.25, -0.2) is 0 Å². The molecular weight excluding hydrogens is 415 g/mol. The van der Waals surface area contributed by atoms with Crippen LogP contribution in [0.25, 0.3) is 0 Å². The van der Waals surface area contributed by atoms with Crippen molar-refractivity contribution in [2.45, 2.75) is 59.3 Å². The molecule has 1 amide bonds. The van der Waals surface area contributed by atoms with E-state index in [2.05, 4.69) is 15.1 Å².